The predicted molar refractivity (Wildman–Crippen MR) is 135 cm³/mol. The summed E-state index contributed by atoms with van der Waals surface area (Å²) in [6.45, 7) is 0. The molecule has 1 N–H and O–H groups in total. The normalized spacial score (nSPS) is 11.4. The van der Waals surface area contributed by atoms with E-state index in [1.54, 1.807) is 10.5 Å². The summed E-state index contributed by atoms with van der Waals surface area (Å²) in [5, 5.41) is 10.3. The molecule has 0 spiro atoms. The van der Waals surface area contributed by atoms with E-state index in [1.165, 1.54) is 11.8 Å². The van der Waals surface area contributed by atoms with Crippen LogP contribution in [-0.2, 0) is 5.75 Å². The molecule has 6 rings (SSSR count). The lowest BCUT2D eigenvalue weighted by Gasteiger charge is -2.10. The maximum absolute atomic E-state index is 12.8. The van der Waals surface area contributed by atoms with Crippen LogP contribution < -0.4 is 5.56 Å². The highest BCUT2D eigenvalue weighted by Crippen LogP contribution is 2.30. The van der Waals surface area contributed by atoms with Gasteiger partial charge in [-0.05, 0) is 48.5 Å². The molecule has 3 aromatic carbocycles. The molecule has 34 heavy (non-hydrogen) atoms. The van der Waals surface area contributed by atoms with Crippen molar-refractivity contribution in [1.82, 2.24) is 29.1 Å². The number of fused-ring (bicyclic) bond motifs is 3. The molecular weight excluding hydrogens is 468 g/mol. The van der Waals surface area contributed by atoms with Crippen molar-refractivity contribution in [1.29, 1.82) is 0 Å². The zero-order chi connectivity index (χ0) is 23.1. The van der Waals surface area contributed by atoms with Gasteiger partial charge in [-0.15, -0.1) is 10.2 Å². The molecule has 0 radical (unpaired) electrons. The van der Waals surface area contributed by atoms with E-state index in [2.05, 4.69) is 20.2 Å². The van der Waals surface area contributed by atoms with E-state index in [4.69, 9.17) is 11.6 Å². The first-order valence-electron chi connectivity index (χ1n) is 10.6. The van der Waals surface area contributed by atoms with Crippen LogP contribution in [0.1, 0.15) is 5.69 Å². The van der Waals surface area contributed by atoms with E-state index in [1.807, 2.05) is 83.4 Å². The largest absolute Gasteiger partial charge is 0.328 e. The second-order valence-electron chi connectivity index (χ2n) is 7.67. The van der Waals surface area contributed by atoms with Gasteiger partial charge in [0, 0.05) is 33.8 Å². The zero-order valence-electron chi connectivity index (χ0n) is 17.7. The molecule has 0 amide bonds. The number of aromatic nitrogens is 6. The third kappa shape index (κ3) is 3.67. The van der Waals surface area contributed by atoms with Gasteiger partial charge in [0.15, 0.2) is 11.0 Å². The zero-order valence-corrected chi connectivity index (χ0v) is 19.3. The monoisotopic (exact) mass is 484 g/mol. The van der Waals surface area contributed by atoms with E-state index < -0.39 is 0 Å². The molecule has 0 unspecified atom stereocenters. The lowest BCUT2D eigenvalue weighted by Crippen LogP contribution is -2.14. The number of thioether (sulfide) groups is 1. The first-order chi connectivity index (χ1) is 16.7. The van der Waals surface area contributed by atoms with Gasteiger partial charge in [0.05, 0.1) is 11.0 Å². The minimum Gasteiger partial charge on any atom is -0.328 e. The predicted octanol–water partition coefficient (Wildman–Crippen LogP) is 5.37. The number of hydrogen-bond acceptors (Lipinski definition) is 5. The molecule has 3 heterocycles. The second kappa shape index (κ2) is 8.48. The summed E-state index contributed by atoms with van der Waals surface area (Å²) in [6, 6.07) is 26.7. The van der Waals surface area contributed by atoms with Crippen molar-refractivity contribution in [2.75, 3.05) is 0 Å². The lowest BCUT2D eigenvalue weighted by molar-refractivity contribution is 0.884. The average molecular weight is 485 g/mol. The van der Waals surface area contributed by atoms with Crippen molar-refractivity contribution in [2.24, 2.45) is 0 Å². The number of para-hydroxylation sites is 3. The van der Waals surface area contributed by atoms with Crippen LogP contribution in [0.4, 0.5) is 0 Å². The number of imidazole rings is 1. The number of nitrogens with zero attached hydrogens (tertiary/aromatic N) is 5. The first-order valence-corrected chi connectivity index (χ1v) is 11.9. The molecule has 0 aliphatic rings. The van der Waals surface area contributed by atoms with Gasteiger partial charge in [-0.1, -0.05) is 53.7 Å². The van der Waals surface area contributed by atoms with Crippen molar-refractivity contribution >= 4 is 40.2 Å². The highest BCUT2D eigenvalue weighted by Gasteiger charge is 2.17. The second-order valence-corrected chi connectivity index (χ2v) is 9.04. The summed E-state index contributed by atoms with van der Waals surface area (Å²) in [4.78, 5) is 20.7. The van der Waals surface area contributed by atoms with Crippen molar-refractivity contribution in [3.8, 4) is 17.1 Å². The van der Waals surface area contributed by atoms with E-state index in [0.29, 0.717) is 27.5 Å². The molecule has 3 aromatic heterocycles. The van der Waals surface area contributed by atoms with Crippen LogP contribution in [0.2, 0.25) is 5.02 Å². The maximum Gasteiger partial charge on any atom is 0.259 e. The Balaban J connectivity index is 1.38. The van der Waals surface area contributed by atoms with E-state index in [0.717, 1.165) is 28.0 Å². The van der Waals surface area contributed by atoms with Crippen molar-refractivity contribution in [3.05, 3.63) is 106 Å². The standard InChI is InChI=1S/C25H17ClN6OS/c26-17-12-10-16(11-13-17)23-29-30-25(31(23)19-6-2-1-3-7-19)34-15-18-14-22(33)32-21-9-5-4-8-20(21)28-24(32)27-18/h1-14H,15H2,(H,27,28). The summed E-state index contributed by atoms with van der Waals surface area (Å²) >= 11 is 7.57. The van der Waals surface area contributed by atoms with Gasteiger partial charge >= 0.3 is 0 Å². The molecule has 0 aliphatic carbocycles. The minimum atomic E-state index is -0.121. The highest BCUT2D eigenvalue weighted by molar-refractivity contribution is 7.98. The van der Waals surface area contributed by atoms with Crippen LogP contribution in [-0.4, -0.2) is 29.1 Å². The molecule has 0 aliphatic heterocycles. The molecule has 166 valence electrons. The van der Waals surface area contributed by atoms with Gasteiger partial charge < -0.3 is 4.98 Å². The average Bonchev–Trinajstić information content (AvgIpc) is 3.45. The number of rotatable bonds is 5. The van der Waals surface area contributed by atoms with Gasteiger partial charge in [-0.2, -0.15) is 0 Å². The smallest absolute Gasteiger partial charge is 0.259 e. The van der Waals surface area contributed by atoms with E-state index in [9.17, 15) is 4.79 Å². The van der Waals surface area contributed by atoms with Crippen molar-refractivity contribution < 1.29 is 0 Å². The molecule has 0 atom stereocenters. The molecule has 9 heteroatoms. The fourth-order valence-electron chi connectivity index (χ4n) is 3.91. The number of nitrogens with one attached hydrogen (secondary N) is 1. The first kappa shape index (κ1) is 20.7. The summed E-state index contributed by atoms with van der Waals surface area (Å²) in [6.07, 6.45) is 0. The number of hydrogen-bond donors (Lipinski definition) is 1. The molecule has 6 aromatic rings. The topological polar surface area (TPSA) is 80.9 Å². The van der Waals surface area contributed by atoms with Crippen LogP contribution in [0.5, 0.6) is 0 Å². The maximum atomic E-state index is 12.8. The number of halogens is 1. The van der Waals surface area contributed by atoms with Crippen molar-refractivity contribution in [2.45, 2.75) is 10.9 Å². The van der Waals surface area contributed by atoms with Crippen molar-refractivity contribution in [3.63, 3.8) is 0 Å². The molecule has 0 saturated heterocycles. The Morgan fingerprint density at radius 2 is 1.68 bits per heavy atom. The summed E-state index contributed by atoms with van der Waals surface area (Å²) in [5.41, 5.74) is 4.05. The number of H-pyrrole nitrogens is 1. The van der Waals surface area contributed by atoms with E-state index in [-0.39, 0.29) is 5.56 Å². The van der Waals surface area contributed by atoms with Crippen LogP contribution in [0.15, 0.2) is 94.9 Å². The number of aromatic amines is 1. The van der Waals surface area contributed by atoms with Crippen LogP contribution in [0.25, 0.3) is 33.9 Å². The van der Waals surface area contributed by atoms with Gasteiger partial charge in [0.25, 0.3) is 5.56 Å². The number of benzene rings is 3. The fraction of sp³-hybridized carbons (Fsp3) is 0.0400. The summed E-state index contributed by atoms with van der Waals surface area (Å²) in [5.74, 6) is 1.74. The fourth-order valence-corrected chi connectivity index (χ4v) is 4.89. The van der Waals surface area contributed by atoms with E-state index >= 15 is 0 Å². The quantitative estimate of drug-likeness (QED) is 0.333. The van der Waals surface area contributed by atoms with Crippen LogP contribution in [0.3, 0.4) is 0 Å². The molecule has 7 nitrogen and oxygen atoms in total. The third-order valence-corrected chi connectivity index (χ3v) is 6.69. The molecule has 0 saturated carbocycles. The Bertz CT molecular complexity index is 1690. The van der Waals surface area contributed by atoms with Gasteiger partial charge in [0.2, 0.25) is 5.78 Å². The summed E-state index contributed by atoms with van der Waals surface area (Å²) < 4.78 is 3.60. The highest BCUT2D eigenvalue weighted by atomic mass is 35.5. The van der Waals surface area contributed by atoms with Gasteiger partial charge in [0.1, 0.15) is 0 Å². The minimum absolute atomic E-state index is 0.121. The molecular formula is C25H17ClN6OS. The Kier molecular flexibility index (Phi) is 5.16. The Morgan fingerprint density at radius 3 is 2.50 bits per heavy atom. The Hall–Kier alpha value is -3.88. The Morgan fingerprint density at radius 1 is 0.912 bits per heavy atom. The van der Waals surface area contributed by atoms with Crippen LogP contribution >= 0.6 is 23.4 Å². The lowest BCUT2D eigenvalue weighted by atomic mass is 10.2. The molecule has 0 bridgehead atoms. The third-order valence-electron chi connectivity index (χ3n) is 5.46. The van der Waals surface area contributed by atoms with Gasteiger partial charge in [-0.3, -0.25) is 9.36 Å². The summed E-state index contributed by atoms with van der Waals surface area (Å²) in [7, 11) is 0. The molecule has 0 fully saturated rings. The SMILES string of the molecule is O=c1cc(CSc2nnc(-c3ccc(Cl)cc3)n2-c2ccccc2)[nH]c2nc3ccccc3n12. The Labute approximate surface area is 203 Å². The van der Waals surface area contributed by atoms with Gasteiger partial charge in [-0.25, -0.2) is 9.38 Å². The van der Waals surface area contributed by atoms with Crippen LogP contribution in [0, 0.1) is 0 Å².